The number of alkyl carbamates (subject to hydrolysis) is 1. The Morgan fingerprint density at radius 2 is 2.07 bits per heavy atom. The SMILES string of the molecule is COC(=O)NCCc1ccc(N=O)cc1. The Balaban J connectivity index is 2.37. The van der Waals surface area contributed by atoms with Gasteiger partial charge in [-0.3, -0.25) is 0 Å². The average Bonchev–Trinajstić information content (AvgIpc) is 2.29. The summed E-state index contributed by atoms with van der Waals surface area (Å²) in [6, 6.07) is 6.88. The van der Waals surface area contributed by atoms with E-state index in [4.69, 9.17) is 0 Å². The molecule has 5 heteroatoms. The number of nitroso groups, excluding NO2 is 1. The van der Waals surface area contributed by atoms with Gasteiger partial charge in [-0.15, -0.1) is 4.91 Å². The fraction of sp³-hybridized carbons (Fsp3) is 0.300. The molecule has 0 unspecified atom stereocenters. The van der Waals surface area contributed by atoms with Gasteiger partial charge < -0.3 is 10.1 Å². The number of carbonyl (C=O) groups is 1. The monoisotopic (exact) mass is 208 g/mol. The van der Waals surface area contributed by atoms with E-state index in [1.807, 2.05) is 0 Å². The van der Waals surface area contributed by atoms with Crippen LogP contribution in [0.5, 0.6) is 0 Å². The third-order valence-electron chi connectivity index (χ3n) is 1.91. The first-order valence-electron chi connectivity index (χ1n) is 4.50. The number of carbonyl (C=O) groups excluding carboxylic acids is 1. The Bertz CT molecular complexity index is 335. The van der Waals surface area contributed by atoms with Crippen molar-refractivity contribution in [2.45, 2.75) is 6.42 Å². The average molecular weight is 208 g/mol. The predicted octanol–water partition coefficient (Wildman–Crippen LogP) is 1.98. The van der Waals surface area contributed by atoms with Crippen LogP contribution in [0.15, 0.2) is 29.4 Å². The Hall–Kier alpha value is -1.91. The number of rotatable bonds is 4. The number of methoxy groups -OCH3 is 1. The lowest BCUT2D eigenvalue weighted by atomic mass is 10.1. The summed E-state index contributed by atoms with van der Waals surface area (Å²) < 4.78 is 4.42. The second-order valence-electron chi connectivity index (χ2n) is 2.93. The molecule has 0 aromatic heterocycles. The summed E-state index contributed by atoms with van der Waals surface area (Å²) in [6.07, 6.45) is 0.245. The third kappa shape index (κ3) is 3.76. The van der Waals surface area contributed by atoms with Gasteiger partial charge in [0, 0.05) is 6.54 Å². The number of amides is 1. The number of ether oxygens (including phenoxy) is 1. The molecule has 0 aliphatic heterocycles. The van der Waals surface area contributed by atoms with Crippen molar-refractivity contribution >= 4 is 11.8 Å². The van der Waals surface area contributed by atoms with Gasteiger partial charge in [0.05, 0.1) is 7.11 Å². The largest absolute Gasteiger partial charge is 0.453 e. The van der Waals surface area contributed by atoms with Gasteiger partial charge in [0.15, 0.2) is 0 Å². The summed E-state index contributed by atoms with van der Waals surface area (Å²) in [5, 5.41) is 5.36. The summed E-state index contributed by atoms with van der Waals surface area (Å²) in [5.74, 6) is 0. The fourth-order valence-corrected chi connectivity index (χ4v) is 1.10. The summed E-state index contributed by atoms with van der Waals surface area (Å²) in [5.41, 5.74) is 1.43. The number of benzene rings is 1. The first-order valence-corrected chi connectivity index (χ1v) is 4.50. The zero-order chi connectivity index (χ0) is 11.1. The van der Waals surface area contributed by atoms with Gasteiger partial charge >= 0.3 is 6.09 Å². The molecule has 80 valence electrons. The van der Waals surface area contributed by atoms with Gasteiger partial charge in [-0.25, -0.2) is 4.79 Å². The normalized spacial score (nSPS) is 9.40. The molecule has 1 aromatic rings. The first-order chi connectivity index (χ1) is 7.26. The summed E-state index contributed by atoms with van der Waals surface area (Å²) in [6.45, 7) is 0.501. The molecule has 0 radical (unpaired) electrons. The Morgan fingerprint density at radius 3 is 2.60 bits per heavy atom. The highest BCUT2D eigenvalue weighted by atomic mass is 16.5. The highest BCUT2D eigenvalue weighted by molar-refractivity contribution is 5.66. The topological polar surface area (TPSA) is 67.8 Å². The molecular formula is C10H12N2O3. The molecule has 0 fully saturated rings. The van der Waals surface area contributed by atoms with Crippen LogP contribution in [-0.2, 0) is 11.2 Å². The maximum absolute atomic E-state index is 10.7. The van der Waals surface area contributed by atoms with Gasteiger partial charge in [-0.1, -0.05) is 12.1 Å². The Labute approximate surface area is 87.4 Å². The van der Waals surface area contributed by atoms with E-state index in [-0.39, 0.29) is 0 Å². The van der Waals surface area contributed by atoms with Crippen LogP contribution in [0.1, 0.15) is 5.56 Å². The van der Waals surface area contributed by atoms with Gasteiger partial charge in [-0.05, 0) is 29.3 Å². The van der Waals surface area contributed by atoms with Crippen molar-refractivity contribution in [3.63, 3.8) is 0 Å². The number of hydrogen-bond donors (Lipinski definition) is 1. The van der Waals surface area contributed by atoms with Crippen molar-refractivity contribution in [2.24, 2.45) is 5.18 Å². The van der Waals surface area contributed by atoms with Crippen LogP contribution in [0.4, 0.5) is 10.5 Å². The van der Waals surface area contributed by atoms with Crippen LogP contribution in [-0.4, -0.2) is 19.7 Å². The van der Waals surface area contributed by atoms with E-state index in [0.29, 0.717) is 18.7 Å². The molecule has 0 heterocycles. The van der Waals surface area contributed by atoms with E-state index < -0.39 is 6.09 Å². The lowest BCUT2D eigenvalue weighted by molar-refractivity contribution is 0.171. The van der Waals surface area contributed by atoms with Crippen LogP contribution < -0.4 is 5.32 Å². The Morgan fingerprint density at radius 1 is 1.40 bits per heavy atom. The second kappa shape index (κ2) is 5.74. The molecule has 0 saturated carbocycles. The van der Waals surface area contributed by atoms with Crippen molar-refractivity contribution in [1.82, 2.24) is 5.32 Å². The molecule has 0 aliphatic carbocycles. The minimum absolute atomic E-state index is 0.402. The van der Waals surface area contributed by atoms with Crippen molar-refractivity contribution < 1.29 is 9.53 Å². The third-order valence-corrected chi connectivity index (χ3v) is 1.91. The molecule has 0 bridgehead atoms. The van der Waals surface area contributed by atoms with Crippen molar-refractivity contribution in [1.29, 1.82) is 0 Å². The van der Waals surface area contributed by atoms with Crippen molar-refractivity contribution in [2.75, 3.05) is 13.7 Å². The van der Waals surface area contributed by atoms with Crippen LogP contribution in [0.25, 0.3) is 0 Å². The van der Waals surface area contributed by atoms with Crippen molar-refractivity contribution in [3.05, 3.63) is 34.7 Å². The fourth-order valence-electron chi connectivity index (χ4n) is 1.10. The number of nitrogens with one attached hydrogen (secondary N) is 1. The van der Waals surface area contributed by atoms with Crippen molar-refractivity contribution in [3.8, 4) is 0 Å². The lowest BCUT2D eigenvalue weighted by Crippen LogP contribution is -2.25. The molecule has 1 amide bonds. The standard InChI is InChI=1S/C10H12N2O3/c1-15-10(13)11-7-6-8-2-4-9(12-14)5-3-8/h2-5H,6-7H2,1H3,(H,11,13). The highest BCUT2D eigenvalue weighted by Gasteiger charge is 1.98. The zero-order valence-corrected chi connectivity index (χ0v) is 8.40. The highest BCUT2D eigenvalue weighted by Crippen LogP contribution is 2.12. The first kappa shape index (κ1) is 11.2. The van der Waals surface area contributed by atoms with E-state index in [2.05, 4.69) is 15.2 Å². The summed E-state index contributed by atoms with van der Waals surface area (Å²) >= 11 is 0. The smallest absolute Gasteiger partial charge is 0.406 e. The quantitative estimate of drug-likeness (QED) is 0.769. The van der Waals surface area contributed by atoms with Gasteiger partial charge in [0.1, 0.15) is 5.69 Å². The van der Waals surface area contributed by atoms with E-state index in [1.165, 1.54) is 7.11 Å². The molecule has 0 atom stereocenters. The maximum atomic E-state index is 10.7. The molecule has 5 nitrogen and oxygen atoms in total. The molecule has 0 spiro atoms. The molecule has 1 rings (SSSR count). The summed E-state index contributed by atoms with van der Waals surface area (Å²) in [4.78, 5) is 20.8. The van der Waals surface area contributed by atoms with Crippen LogP contribution in [0, 0.1) is 4.91 Å². The molecular weight excluding hydrogens is 196 g/mol. The zero-order valence-electron chi connectivity index (χ0n) is 8.40. The summed E-state index contributed by atoms with van der Waals surface area (Å²) in [7, 11) is 1.32. The molecule has 0 saturated heterocycles. The van der Waals surface area contributed by atoms with Gasteiger partial charge in [0.2, 0.25) is 0 Å². The Kier molecular flexibility index (Phi) is 4.28. The molecule has 15 heavy (non-hydrogen) atoms. The lowest BCUT2D eigenvalue weighted by Gasteiger charge is -2.03. The van der Waals surface area contributed by atoms with Crippen LogP contribution >= 0.6 is 0 Å². The minimum atomic E-state index is -0.443. The van der Waals surface area contributed by atoms with Crippen LogP contribution in [0.2, 0.25) is 0 Å². The molecule has 1 N–H and O–H groups in total. The number of nitrogens with zero attached hydrogens (tertiary/aromatic N) is 1. The number of hydrogen-bond acceptors (Lipinski definition) is 4. The molecule has 0 aliphatic rings. The van der Waals surface area contributed by atoms with E-state index in [1.54, 1.807) is 24.3 Å². The maximum Gasteiger partial charge on any atom is 0.406 e. The van der Waals surface area contributed by atoms with E-state index in [9.17, 15) is 9.70 Å². The predicted molar refractivity (Wildman–Crippen MR) is 56.0 cm³/mol. The van der Waals surface area contributed by atoms with E-state index >= 15 is 0 Å². The van der Waals surface area contributed by atoms with Gasteiger partial charge in [-0.2, -0.15) is 0 Å². The minimum Gasteiger partial charge on any atom is -0.453 e. The second-order valence-corrected chi connectivity index (χ2v) is 2.93. The van der Waals surface area contributed by atoms with E-state index in [0.717, 1.165) is 5.56 Å². The van der Waals surface area contributed by atoms with Gasteiger partial charge in [0.25, 0.3) is 0 Å². The molecule has 1 aromatic carbocycles. The van der Waals surface area contributed by atoms with Crippen LogP contribution in [0.3, 0.4) is 0 Å².